The first-order chi connectivity index (χ1) is 13.1. The normalized spacial score (nSPS) is 10.9. The minimum absolute atomic E-state index is 0.431. The van der Waals surface area contributed by atoms with Crippen molar-refractivity contribution in [1.82, 2.24) is 15.0 Å². The van der Waals surface area contributed by atoms with Crippen molar-refractivity contribution in [3.63, 3.8) is 0 Å². The molecule has 4 aromatic rings. The minimum Gasteiger partial charge on any atom is -0.350 e. The number of aryl methyl sites for hydroxylation is 2. The summed E-state index contributed by atoms with van der Waals surface area (Å²) in [5.74, 6) is 0.517. The zero-order chi connectivity index (χ0) is 18.8. The van der Waals surface area contributed by atoms with Crippen LogP contribution < -0.4 is 5.32 Å². The Morgan fingerprint density at radius 3 is 2.48 bits per heavy atom. The number of hydrogen-bond acceptors (Lipinski definition) is 4. The zero-order valence-electron chi connectivity index (χ0n) is 15.2. The Labute approximate surface area is 163 Å². The van der Waals surface area contributed by atoms with Gasteiger partial charge in [-0.2, -0.15) is 0 Å². The molecule has 0 atom stereocenters. The third-order valence-corrected chi connectivity index (χ3v) is 4.63. The number of fused-ring (bicyclic) bond motifs is 1. The van der Waals surface area contributed by atoms with Crippen LogP contribution in [0.4, 0.5) is 5.95 Å². The average Bonchev–Trinajstić information content (AvgIpc) is 2.66. The van der Waals surface area contributed by atoms with E-state index >= 15 is 0 Å². The first kappa shape index (κ1) is 17.4. The fraction of sp³-hybridized carbons (Fsp3) is 0.136. The Morgan fingerprint density at radius 2 is 1.70 bits per heavy atom. The summed E-state index contributed by atoms with van der Waals surface area (Å²) in [4.78, 5) is 13.6. The second kappa shape index (κ2) is 7.33. The monoisotopic (exact) mass is 374 g/mol. The van der Waals surface area contributed by atoms with Crippen LogP contribution in [0.2, 0.25) is 5.15 Å². The molecule has 2 aromatic heterocycles. The first-order valence-corrected chi connectivity index (χ1v) is 9.18. The third kappa shape index (κ3) is 3.76. The van der Waals surface area contributed by atoms with Gasteiger partial charge in [0.25, 0.3) is 0 Å². The van der Waals surface area contributed by atoms with Crippen molar-refractivity contribution in [1.29, 1.82) is 0 Å². The molecule has 27 heavy (non-hydrogen) atoms. The number of anilines is 1. The van der Waals surface area contributed by atoms with Gasteiger partial charge in [0, 0.05) is 23.2 Å². The predicted molar refractivity (Wildman–Crippen MR) is 111 cm³/mol. The number of nitrogens with zero attached hydrogens (tertiary/aromatic N) is 3. The SMILES string of the molecule is Cc1cc(Cl)nc(NCc2cc3cccc(C)c3nc2-c2ccccc2)n1. The van der Waals surface area contributed by atoms with Crippen LogP contribution in [-0.2, 0) is 6.54 Å². The van der Waals surface area contributed by atoms with Gasteiger partial charge in [0.2, 0.25) is 5.95 Å². The van der Waals surface area contributed by atoms with Gasteiger partial charge in [-0.1, -0.05) is 60.1 Å². The van der Waals surface area contributed by atoms with Crippen molar-refractivity contribution >= 4 is 28.5 Å². The van der Waals surface area contributed by atoms with Crippen molar-refractivity contribution < 1.29 is 0 Å². The molecule has 2 heterocycles. The van der Waals surface area contributed by atoms with Crippen LogP contribution in [0.1, 0.15) is 16.8 Å². The van der Waals surface area contributed by atoms with Crippen molar-refractivity contribution in [2.24, 2.45) is 0 Å². The highest BCUT2D eigenvalue weighted by atomic mass is 35.5. The molecule has 0 fully saturated rings. The van der Waals surface area contributed by atoms with E-state index in [1.165, 1.54) is 0 Å². The molecule has 0 aliphatic carbocycles. The molecule has 0 spiro atoms. The number of para-hydroxylation sites is 1. The Hall–Kier alpha value is -2.98. The van der Waals surface area contributed by atoms with Crippen LogP contribution in [-0.4, -0.2) is 15.0 Å². The Morgan fingerprint density at radius 1 is 0.889 bits per heavy atom. The molecule has 0 saturated heterocycles. The van der Waals surface area contributed by atoms with Gasteiger partial charge in [0.15, 0.2) is 0 Å². The van der Waals surface area contributed by atoms with E-state index < -0.39 is 0 Å². The number of benzene rings is 2. The molecular weight excluding hydrogens is 356 g/mol. The maximum atomic E-state index is 6.05. The van der Waals surface area contributed by atoms with Gasteiger partial charge in [-0.15, -0.1) is 0 Å². The van der Waals surface area contributed by atoms with Crippen LogP contribution in [0.5, 0.6) is 0 Å². The largest absolute Gasteiger partial charge is 0.350 e. The van der Waals surface area contributed by atoms with Gasteiger partial charge in [0.05, 0.1) is 11.2 Å². The molecule has 4 rings (SSSR count). The van der Waals surface area contributed by atoms with Gasteiger partial charge in [-0.05, 0) is 37.1 Å². The molecule has 5 heteroatoms. The standard InChI is InChI=1S/C22H19ClN4/c1-14-7-6-10-17-12-18(13-24-22-25-15(2)11-19(23)26-22)21(27-20(14)17)16-8-4-3-5-9-16/h3-12H,13H2,1-2H3,(H,24,25,26). The van der Waals surface area contributed by atoms with E-state index in [1.807, 2.05) is 25.1 Å². The van der Waals surface area contributed by atoms with Crippen molar-refractivity contribution in [3.05, 3.63) is 82.6 Å². The van der Waals surface area contributed by atoms with E-state index in [1.54, 1.807) is 6.07 Å². The lowest BCUT2D eigenvalue weighted by Gasteiger charge is -2.13. The Kier molecular flexibility index (Phi) is 4.73. The summed E-state index contributed by atoms with van der Waals surface area (Å²) in [6.45, 7) is 4.54. The van der Waals surface area contributed by atoms with Gasteiger partial charge >= 0.3 is 0 Å². The number of hydrogen-bond donors (Lipinski definition) is 1. The molecule has 0 bridgehead atoms. The summed E-state index contributed by atoms with van der Waals surface area (Å²) < 4.78 is 0. The number of nitrogens with one attached hydrogen (secondary N) is 1. The average molecular weight is 375 g/mol. The second-order valence-corrected chi connectivity index (χ2v) is 6.91. The van der Waals surface area contributed by atoms with Crippen LogP contribution in [0.25, 0.3) is 22.2 Å². The predicted octanol–water partition coefficient (Wildman–Crippen LogP) is 5.57. The van der Waals surface area contributed by atoms with Gasteiger partial charge in [0.1, 0.15) is 5.15 Å². The zero-order valence-corrected chi connectivity index (χ0v) is 16.0. The first-order valence-electron chi connectivity index (χ1n) is 8.80. The van der Waals surface area contributed by atoms with E-state index in [0.717, 1.165) is 39.0 Å². The van der Waals surface area contributed by atoms with Gasteiger partial charge < -0.3 is 5.32 Å². The summed E-state index contributed by atoms with van der Waals surface area (Å²) in [5, 5.41) is 4.84. The highest BCUT2D eigenvalue weighted by molar-refractivity contribution is 6.29. The quantitative estimate of drug-likeness (QED) is 0.474. The molecule has 1 N–H and O–H groups in total. The topological polar surface area (TPSA) is 50.7 Å². The molecule has 0 aliphatic rings. The molecule has 0 radical (unpaired) electrons. The summed E-state index contributed by atoms with van der Waals surface area (Å²) in [5.41, 5.74) is 6.15. The molecule has 4 nitrogen and oxygen atoms in total. The van der Waals surface area contributed by atoms with Crippen LogP contribution in [0.15, 0.2) is 60.7 Å². The number of halogens is 1. The van der Waals surface area contributed by atoms with Crippen LogP contribution >= 0.6 is 11.6 Å². The molecule has 0 aliphatic heterocycles. The van der Waals surface area contributed by atoms with Crippen LogP contribution in [0, 0.1) is 13.8 Å². The lowest BCUT2D eigenvalue weighted by Crippen LogP contribution is -2.07. The fourth-order valence-electron chi connectivity index (χ4n) is 3.15. The van der Waals surface area contributed by atoms with Crippen molar-refractivity contribution in [3.8, 4) is 11.3 Å². The number of rotatable bonds is 4. The van der Waals surface area contributed by atoms with Gasteiger partial charge in [-0.3, -0.25) is 0 Å². The fourth-order valence-corrected chi connectivity index (χ4v) is 3.39. The molecule has 0 amide bonds. The highest BCUT2D eigenvalue weighted by Gasteiger charge is 2.11. The second-order valence-electron chi connectivity index (χ2n) is 6.52. The van der Waals surface area contributed by atoms with E-state index in [2.05, 4.69) is 58.6 Å². The van der Waals surface area contributed by atoms with Crippen molar-refractivity contribution in [2.45, 2.75) is 20.4 Å². The summed E-state index contributed by atoms with van der Waals surface area (Å²) in [7, 11) is 0. The van der Waals surface area contributed by atoms with Gasteiger partial charge in [-0.25, -0.2) is 15.0 Å². The van der Waals surface area contributed by atoms with E-state index in [9.17, 15) is 0 Å². The summed E-state index contributed by atoms with van der Waals surface area (Å²) >= 11 is 6.05. The minimum atomic E-state index is 0.431. The lowest BCUT2D eigenvalue weighted by molar-refractivity contribution is 1.03. The molecular formula is C22H19ClN4. The Balaban J connectivity index is 1.78. The van der Waals surface area contributed by atoms with Crippen LogP contribution in [0.3, 0.4) is 0 Å². The molecule has 0 unspecified atom stereocenters. The smallest absolute Gasteiger partial charge is 0.224 e. The summed E-state index contributed by atoms with van der Waals surface area (Å²) in [6.07, 6.45) is 0. The Bertz CT molecular complexity index is 1090. The molecule has 2 aromatic carbocycles. The third-order valence-electron chi connectivity index (χ3n) is 4.43. The van der Waals surface area contributed by atoms with E-state index in [-0.39, 0.29) is 0 Å². The molecule has 134 valence electrons. The lowest BCUT2D eigenvalue weighted by atomic mass is 10.0. The van der Waals surface area contributed by atoms with E-state index in [4.69, 9.17) is 16.6 Å². The molecule has 0 saturated carbocycles. The van der Waals surface area contributed by atoms with E-state index in [0.29, 0.717) is 17.6 Å². The number of aromatic nitrogens is 3. The number of pyridine rings is 1. The maximum absolute atomic E-state index is 6.05. The highest BCUT2D eigenvalue weighted by Crippen LogP contribution is 2.27. The summed E-state index contributed by atoms with van der Waals surface area (Å²) in [6, 6.07) is 20.4. The van der Waals surface area contributed by atoms with Crippen molar-refractivity contribution in [2.75, 3.05) is 5.32 Å². The maximum Gasteiger partial charge on any atom is 0.224 e.